The maximum absolute atomic E-state index is 12.4. The molecular weight excluding hydrogens is 577 g/mol. The first-order chi connectivity index (χ1) is 20.7. The Kier molecular flexibility index (Phi) is 36.6. The normalized spacial score (nSPS) is 13.9. The highest BCUT2D eigenvalue weighted by Gasteiger charge is 2.43. The summed E-state index contributed by atoms with van der Waals surface area (Å²) >= 11 is 8.32. The molecule has 0 bridgehead atoms. The van der Waals surface area contributed by atoms with Gasteiger partial charge in [0.1, 0.15) is 0 Å². The van der Waals surface area contributed by atoms with Gasteiger partial charge in [0.25, 0.3) is 0 Å². The van der Waals surface area contributed by atoms with Crippen LogP contribution in [0.2, 0.25) is 0 Å². The summed E-state index contributed by atoms with van der Waals surface area (Å²) in [4.78, 5) is 24.6. The van der Waals surface area contributed by atoms with Crippen LogP contribution in [0.3, 0.4) is 0 Å². The molecule has 0 spiro atoms. The topological polar surface area (TPSA) is 94.8 Å². The fourth-order valence-electron chi connectivity index (χ4n) is 6.76. The summed E-state index contributed by atoms with van der Waals surface area (Å²) < 4.78 is 0. The summed E-state index contributed by atoms with van der Waals surface area (Å²) in [5, 5.41) is 26.0. The Labute approximate surface area is 279 Å². The molecule has 0 fully saturated rings. The Hall–Kier alpha value is -0.0800. The van der Waals surface area contributed by atoms with Crippen molar-refractivity contribution >= 4 is 35.5 Å². The highest BCUT2D eigenvalue weighted by atomic mass is 32.1. The molecule has 5 nitrogen and oxygen atoms in total. The molecular formula is C36H74O5S2. The monoisotopic (exact) mass is 650 g/mol. The van der Waals surface area contributed by atoms with Gasteiger partial charge in [-0.1, -0.05) is 144 Å². The third kappa shape index (κ3) is 24.8. The number of aliphatic hydroxyl groups excluding tert-OH is 2. The Balaban J connectivity index is -0.00000382. The van der Waals surface area contributed by atoms with Crippen LogP contribution >= 0.6 is 25.3 Å². The molecule has 43 heavy (non-hydrogen) atoms. The number of unbranched alkanes of at least 4 members (excludes halogenated alkanes) is 4. The summed E-state index contributed by atoms with van der Waals surface area (Å²) in [6.45, 7) is 11.1. The van der Waals surface area contributed by atoms with E-state index in [9.17, 15) is 14.7 Å². The van der Waals surface area contributed by atoms with E-state index in [4.69, 9.17) is 10.2 Å². The first-order valence-corrected chi connectivity index (χ1v) is 18.6. The van der Waals surface area contributed by atoms with E-state index in [-0.39, 0.29) is 34.9 Å². The van der Waals surface area contributed by atoms with Crippen molar-refractivity contribution in [2.45, 2.75) is 181 Å². The SMILES string of the molecule is CCCCC(CCCC)CCCC(CC(=O)S)C(O)(CCC)C(CCCC(CCCC)CCCC)CC(=O)S.CO.CO. The van der Waals surface area contributed by atoms with E-state index in [2.05, 4.69) is 59.9 Å². The van der Waals surface area contributed by atoms with Crippen LogP contribution in [0.5, 0.6) is 0 Å². The van der Waals surface area contributed by atoms with E-state index >= 15 is 0 Å². The van der Waals surface area contributed by atoms with Crippen LogP contribution in [0.15, 0.2) is 0 Å². The zero-order chi connectivity index (χ0) is 33.5. The molecule has 0 saturated heterocycles. The smallest absolute Gasteiger partial charge is 0.186 e. The minimum atomic E-state index is -1.03. The zero-order valence-electron chi connectivity index (χ0n) is 29.4. The van der Waals surface area contributed by atoms with Crippen LogP contribution < -0.4 is 0 Å². The lowest BCUT2D eigenvalue weighted by Gasteiger charge is -2.43. The van der Waals surface area contributed by atoms with Crippen molar-refractivity contribution in [1.82, 2.24) is 0 Å². The predicted octanol–water partition coefficient (Wildman–Crippen LogP) is 9.99. The third-order valence-electron chi connectivity index (χ3n) is 9.10. The van der Waals surface area contributed by atoms with E-state index in [1.807, 2.05) is 0 Å². The lowest BCUT2D eigenvalue weighted by Crippen LogP contribution is -2.46. The maximum atomic E-state index is 12.4. The van der Waals surface area contributed by atoms with Crippen LogP contribution in [-0.4, -0.2) is 45.4 Å². The molecule has 0 aliphatic rings. The number of carbonyl (C=O) groups excluding carboxylic acids is 2. The summed E-state index contributed by atoms with van der Waals surface area (Å²) in [7, 11) is 2.00. The number of hydrogen-bond acceptors (Lipinski definition) is 5. The Morgan fingerprint density at radius 2 is 0.791 bits per heavy atom. The van der Waals surface area contributed by atoms with Crippen LogP contribution in [-0.2, 0) is 9.59 Å². The second-order valence-electron chi connectivity index (χ2n) is 12.5. The molecule has 0 aromatic carbocycles. The molecule has 3 N–H and O–H groups in total. The molecule has 0 heterocycles. The lowest BCUT2D eigenvalue weighted by atomic mass is 9.68. The lowest BCUT2D eigenvalue weighted by molar-refractivity contribution is -0.125. The summed E-state index contributed by atoms with van der Waals surface area (Å²) in [6.07, 6.45) is 23.1. The zero-order valence-corrected chi connectivity index (χ0v) is 31.2. The molecule has 0 saturated carbocycles. The van der Waals surface area contributed by atoms with Gasteiger partial charge >= 0.3 is 0 Å². The van der Waals surface area contributed by atoms with Gasteiger partial charge in [0, 0.05) is 27.1 Å². The minimum Gasteiger partial charge on any atom is -0.400 e. The predicted molar refractivity (Wildman–Crippen MR) is 193 cm³/mol. The molecule has 0 aliphatic carbocycles. The molecule has 0 amide bonds. The maximum Gasteiger partial charge on any atom is 0.186 e. The Morgan fingerprint density at radius 1 is 0.512 bits per heavy atom. The van der Waals surface area contributed by atoms with E-state index in [0.717, 1.165) is 71.0 Å². The number of hydrogen-bond donors (Lipinski definition) is 5. The Morgan fingerprint density at radius 3 is 1.02 bits per heavy atom. The number of aliphatic hydroxyl groups is 3. The number of rotatable bonds is 28. The molecule has 260 valence electrons. The standard InChI is InChI=1S/C34H66O3S2.2CH4O/c1-6-11-17-28(18-12-7-2)21-15-23-30(26-32(35)38)34(37,25-10-5)31(27-33(36)39)24-16-22-29(19-13-8-3)20-14-9-4;2*1-2/h28-31,37H,6-27H2,1-5H3,(H,35,38)(H,36,39);2*2H,1H3. The molecule has 0 aromatic rings. The van der Waals surface area contributed by atoms with Crippen molar-refractivity contribution in [3.8, 4) is 0 Å². The van der Waals surface area contributed by atoms with Gasteiger partial charge in [-0.2, -0.15) is 0 Å². The van der Waals surface area contributed by atoms with Gasteiger partial charge in [-0.05, 0) is 42.9 Å². The number of carbonyl (C=O) groups is 2. The molecule has 0 aromatic heterocycles. The first kappa shape index (κ1) is 47.3. The third-order valence-corrected chi connectivity index (χ3v) is 9.47. The second kappa shape index (κ2) is 33.3. The average Bonchev–Trinajstić information content (AvgIpc) is 2.99. The quantitative estimate of drug-likeness (QED) is 0.0543. The van der Waals surface area contributed by atoms with Gasteiger partial charge in [-0.25, -0.2) is 0 Å². The molecule has 2 atom stereocenters. The summed E-state index contributed by atoms with van der Waals surface area (Å²) in [6, 6.07) is 0. The fourth-order valence-corrected chi connectivity index (χ4v) is 7.20. The highest BCUT2D eigenvalue weighted by Crippen LogP contribution is 2.42. The molecule has 0 aliphatic heterocycles. The Bertz CT molecular complexity index is 554. The largest absolute Gasteiger partial charge is 0.400 e. The van der Waals surface area contributed by atoms with E-state index in [0.29, 0.717) is 6.42 Å². The van der Waals surface area contributed by atoms with E-state index in [1.165, 1.54) is 77.0 Å². The van der Waals surface area contributed by atoms with Gasteiger partial charge in [0.2, 0.25) is 0 Å². The highest BCUT2D eigenvalue weighted by molar-refractivity contribution is 7.96. The van der Waals surface area contributed by atoms with Crippen molar-refractivity contribution in [3.05, 3.63) is 0 Å². The van der Waals surface area contributed by atoms with Crippen molar-refractivity contribution in [2.24, 2.45) is 23.7 Å². The molecule has 0 rings (SSSR count). The molecule has 0 radical (unpaired) electrons. The van der Waals surface area contributed by atoms with Gasteiger partial charge < -0.3 is 15.3 Å². The van der Waals surface area contributed by atoms with Crippen molar-refractivity contribution in [3.63, 3.8) is 0 Å². The van der Waals surface area contributed by atoms with Gasteiger partial charge in [-0.3, -0.25) is 9.59 Å². The molecule has 7 heteroatoms. The first-order valence-electron chi connectivity index (χ1n) is 17.7. The van der Waals surface area contributed by atoms with Crippen LogP contribution in [0.1, 0.15) is 176 Å². The minimum absolute atomic E-state index is 0.154. The van der Waals surface area contributed by atoms with Crippen LogP contribution in [0, 0.1) is 23.7 Å². The fraction of sp³-hybridized carbons (Fsp3) is 0.944. The second-order valence-corrected chi connectivity index (χ2v) is 13.5. The number of thiol groups is 2. The van der Waals surface area contributed by atoms with Crippen LogP contribution in [0.25, 0.3) is 0 Å². The van der Waals surface area contributed by atoms with Crippen molar-refractivity contribution in [2.75, 3.05) is 14.2 Å². The van der Waals surface area contributed by atoms with Gasteiger partial charge in [-0.15, -0.1) is 25.3 Å². The van der Waals surface area contributed by atoms with E-state index in [1.54, 1.807) is 0 Å². The summed E-state index contributed by atoms with van der Waals surface area (Å²) in [5.74, 6) is 1.15. The van der Waals surface area contributed by atoms with Gasteiger partial charge in [0.05, 0.1) is 5.60 Å². The van der Waals surface area contributed by atoms with Crippen LogP contribution in [0.4, 0.5) is 0 Å². The van der Waals surface area contributed by atoms with Crippen molar-refractivity contribution in [1.29, 1.82) is 0 Å². The van der Waals surface area contributed by atoms with E-state index < -0.39 is 5.60 Å². The molecule has 2 unspecified atom stereocenters. The summed E-state index contributed by atoms with van der Waals surface area (Å²) in [5.41, 5.74) is -1.03. The van der Waals surface area contributed by atoms with Gasteiger partial charge in [0.15, 0.2) is 10.2 Å². The van der Waals surface area contributed by atoms with Crippen molar-refractivity contribution < 1.29 is 24.9 Å². The average molecular weight is 651 g/mol.